The topological polar surface area (TPSA) is 75.4 Å². The summed E-state index contributed by atoms with van der Waals surface area (Å²) in [5, 5.41) is 2.19. The highest BCUT2D eigenvalue weighted by molar-refractivity contribution is 6.43. The Hall–Kier alpha value is -1.51. The Labute approximate surface area is 152 Å². The number of anilines is 1. The van der Waals surface area contributed by atoms with Crippen molar-refractivity contribution in [2.75, 3.05) is 11.4 Å². The summed E-state index contributed by atoms with van der Waals surface area (Å²) >= 11 is 12.1. The molecule has 25 heavy (non-hydrogen) atoms. The summed E-state index contributed by atoms with van der Waals surface area (Å²) in [6.45, 7) is 0.197. The summed E-state index contributed by atoms with van der Waals surface area (Å²) in [6.07, 6.45) is -4.29. The molecule has 1 aromatic carbocycles. The molecule has 0 saturated carbocycles. The van der Waals surface area contributed by atoms with Gasteiger partial charge in [0.05, 0.1) is 16.1 Å². The van der Waals surface area contributed by atoms with E-state index in [1.54, 1.807) is 12.2 Å². The molecule has 1 aliphatic heterocycles. The van der Waals surface area contributed by atoms with Crippen LogP contribution in [0.5, 0.6) is 0 Å². The van der Waals surface area contributed by atoms with Gasteiger partial charge in [0.15, 0.2) is 0 Å². The van der Waals surface area contributed by atoms with E-state index < -0.39 is 36.6 Å². The van der Waals surface area contributed by atoms with Crippen molar-refractivity contribution in [3.05, 3.63) is 27.7 Å². The van der Waals surface area contributed by atoms with Crippen LogP contribution in [0.15, 0.2) is 12.1 Å². The first-order valence-electron chi connectivity index (χ1n) is 7.46. The van der Waals surface area contributed by atoms with Crippen molar-refractivity contribution in [2.24, 2.45) is 5.73 Å². The molecule has 1 aromatic rings. The molecule has 0 spiro atoms. The SMILES string of the molecule is CCC(N)C(=O)N1c2ccc(Cl)c(Cl)c2CC1C(=O)NCC(F)(F)F. The van der Waals surface area contributed by atoms with Gasteiger partial charge < -0.3 is 11.1 Å². The molecule has 5 nitrogen and oxygen atoms in total. The Morgan fingerprint density at radius 2 is 2.04 bits per heavy atom. The molecule has 10 heteroatoms. The van der Waals surface area contributed by atoms with Crippen LogP contribution in [0.4, 0.5) is 18.9 Å². The fraction of sp³-hybridized carbons (Fsp3) is 0.467. The molecule has 2 unspecified atom stereocenters. The number of hydrogen-bond donors (Lipinski definition) is 2. The van der Waals surface area contributed by atoms with Crippen LogP contribution >= 0.6 is 23.2 Å². The van der Waals surface area contributed by atoms with Crippen molar-refractivity contribution < 1.29 is 22.8 Å². The number of nitrogens with two attached hydrogens (primary N) is 1. The number of benzene rings is 1. The number of rotatable bonds is 4. The monoisotopic (exact) mass is 397 g/mol. The van der Waals surface area contributed by atoms with Gasteiger partial charge in [-0.25, -0.2) is 0 Å². The Morgan fingerprint density at radius 1 is 1.40 bits per heavy atom. The molecule has 1 heterocycles. The first kappa shape index (κ1) is 19.8. The fourth-order valence-electron chi connectivity index (χ4n) is 2.60. The van der Waals surface area contributed by atoms with E-state index in [1.807, 2.05) is 0 Å². The number of nitrogens with one attached hydrogen (secondary N) is 1. The standard InChI is InChI=1S/C15H16Cl2F3N3O2/c1-2-9(21)14(25)23-10-4-3-8(16)12(17)7(10)5-11(23)13(24)22-6-15(18,19)20/h3-4,9,11H,2,5-6,21H2,1H3,(H,22,24). The number of amides is 2. The van der Waals surface area contributed by atoms with Gasteiger partial charge in [0.25, 0.3) is 0 Å². The summed E-state index contributed by atoms with van der Waals surface area (Å²) in [5.74, 6) is -1.50. The zero-order valence-corrected chi connectivity index (χ0v) is 14.7. The molecule has 2 rings (SSSR count). The minimum Gasteiger partial charge on any atom is -0.345 e. The van der Waals surface area contributed by atoms with E-state index in [2.05, 4.69) is 0 Å². The van der Waals surface area contributed by atoms with Gasteiger partial charge >= 0.3 is 6.18 Å². The predicted molar refractivity (Wildman–Crippen MR) is 88.8 cm³/mol. The Morgan fingerprint density at radius 3 is 2.60 bits per heavy atom. The van der Waals surface area contributed by atoms with E-state index in [0.717, 1.165) is 4.90 Å². The van der Waals surface area contributed by atoms with E-state index in [9.17, 15) is 22.8 Å². The number of hydrogen-bond acceptors (Lipinski definition) is 3. The molecule has 2 amide bonds. The average molecular weight is 398 g/mol. The van der Waals surface area contributed by atoms with E-state index in [0.29, 0.717) is 17.7 Å². The van der Waals surface area contributed by atoms with Gasteiger partial charge in [0.2, 0.25) is 11.8 Å². The van der Waals surface area contributed by atoms with Crippen molar-refractivity contribution in [1.29, 1.82) is 0 Å². The number of carbonyl (C=O) groups is 2. The number of fused-ring (bicyclic) bond motifs is 1. The molecule has 0 aromatic heterocycles. The van der Waals surface area contributed by atoms with Crippen LogP contribution in [0.3, 0.4) is 0 Å². The summed E-state index contributed by atoms with van der Waals surface area (Å²) in [4.78, 5) is 25.9. The van der Waals surface area contributed by atoms with Gasteiger partial charge in [-0.3, -0.25) is 14.5 Å². The van der Waals surface area contributed by atoms with E-state index >= 15 is 0 Å². The van der Waals surface area contributed by atoms with Crippen LogP contribution in [0.2, 0.25) is 10.0 Å². The highest BCUT2D eigenvalue weighted by Crippen LogP contribution is 2.40. The van der Waals surface area contributed by atoms with Crippen molar-refractivity contribution in [1.82, 2.24) is 5.32 Å². The molecular formula is C15H16Cl2F3N3O2. The van der Waals surface area contributed by atoms with E-state index in [1.165, 1.54) is 12.1 Å². The number of carbonyl (C=O) groups excluding carboxylic acids is 2. The maximum Gasteiger partial charge on any atom is 0.405 e. The average Bonchev–Trinajstić information content (AvgIpc) is 2.94. The second kappa shape index (κ2) is 7.39. The lowest BCUT2D eigenvalue weighted by molar-refractivity contribution is -0.139. The van der Waals surface area contributed by atoms with Crippen LogP contribution < -0.4 is 16.0 Å². The van der Waals surface area contributed by atoms with Crippen LogP contribution in [-0.4, -0.2) is 36.6 Å². The maximum atomic E-state index is 12.6. The summed E-state index contributed by atoms with van der Waals surface area (Å²) in [6, 6.07) is 0.897. The third kappa shape index (κ3) is 4.19. The lowest BCUT2D eigenvalue weighted by Gasteiger charge is -2.27. The van der Waals surface area contributed by atoms with Gasteiger partial charge in [-0.15, -0.1) is 0 Å². The van der Waals surface area contributed by atoms with Crippen LogP contribution in [0.25, 0.3) is 0 Å². The second-order valence-corrected chi connectivity index (χ2v) is 6.42. The zero-order valence-electron chi connectivity index (χ0n) is 13.2. The summed E-state index contributed by atoms with van der Waals surface area (Å²) in [7, 11) is 0. The first-order chi connectivity index (χ1) is 11.6. The molecule has 3 N–H and O–H groups in total. The smallest absolute Gasteiger partial charge is 0.345 e. The molecular weight excluding hydrogens is 382 g/mol. The molecule has 0 saturated heterocycles. The normalized spacial score (nSPS) is 18.0. The summed E-state index contributed by atoms with van der Waals surface area (Å²) < 4.78 is 37.1. The van der Waals surface area contributed by atoms with Gasteiger partial charge in [-0.2, -0.15) is 13.2 Å². The van der Waals surface area contributed by atoms with Crippen molar-refractivity contribution in [2.45, 2.75) is 38.0 Å². The minimum atomic E-state index is -4.56. The van der Waals surface area contributed by atoms with Gasteiger partial charge in [0, 0.05) is 12.1 Å². The second-order valence-electron chi connectivity index (χ2n) is 5.63. The zero-order chi connectivity index (χ0) is 18.9. The molecule has 2 atom stereocenters. The predicted octanol–water partition coefficient (Wildman–Crippen LogP) is 2.67. The van der Waals surface area contributed by atoms with E-state index in [4.69, 9.17) is 28.9 Å². The molecule has 0 fully saturated rings. The Balaban J connectivity index is 2.37. The lowest BCUT2D eigenvalue weighted by atomic mass is 10.1. The highest BCUT2D eigenvalue weighted by atomic mass is 35.5. The minimum absolute atomic E-state index is 0.0411. The van der Waals surface area contributed by atoms with Gasteiger partial charge in [0.1, 0.15) is 12.6 Å². The number of nitrogens with zero attached hydrogens (tertiary/aromatic N) is 1. The molecule has 0 bridgehead atoms. The first-order valence-corrected chi connectivity index (χ1v) is 8.22. The third-order valence-corrected chi connectivity index (χ3v) is 4.74. The Kier molecular flexibility index (Phi) is 5.86. The number of halogens is 5. The Bertz CT molecular complexity index is 697. The number of alkyl halides is 3. The molecule has 0 aliphatic carbocycles. The van der Waals surface area contributed by atoms with Crippen LogP contribution in [0, 0.1) is 0 Å². The lowest BCUT2D eigenvalue weighted by Crippen LogP contribution is -2.53. The molecule has 0 radical (unpaired) electrons. The van der Waals surface area contributed by atoms with Gasteiger partial charge in [-0.05, 0) is 24.1 Å². The molecule has 1 aliphatic rings. The summed E-state index contributed by atoms with van der Waals surface area (Å²) in [5.41, 5.74) is 6.52. The van der Waals surface area contributed by atoms with Crippen molar-refractivity contribution >= 4 is 40.7 Å². The van der Waals surface area contributed by atoms with Crippen molar-refractivity contribution in [3.8, 4) is 0 Å². The van der Waals surface area contributed by atoms with Crippen LogP contribution in [-0.2, 0) is 16.0 Å². The third-order valence-electron chi connectivity index (χ3n) is 3.90. The van der Waals surface area contributed by atoms with E-state index in [-0.39, 0.29) is 16.5 Å². The maximum absolute atomic E-state index is 12.6. The quantitative estimate of drug-likeness (QED) is 0.819. The van der Waals surface area contributed by atoms with Gasteiger partial charge in [-0.1, -0.05) is 30.1 Å². The van der Waals surface area contributed by atoms with Crippen LogP contribution in [0.1, 0.15) is 18.9 Å². The largest absolute Gasteiger partial charge is 0.405 e. The molecule has 138 valence electrons. The highest BCUT2D eigenvalue weighted by Gasteiger charge is 2.42. The fourth-order valence-corrected chi connectivity index (χ4v) is 3.01. The van der Waals surface area contributed by atoms with Crippen molar-refractivity contribution in [3.63, 3.8) is 0 Å².